The third-order valence-corrected chi connectivity index (χ3v) is 6.20. The smallest absolute Gasteiger partial charge is 0.338 e. The molecule has 2 aromatic carbocycles. The molecule has 0 bridgehead atoms. The van der Waals surface area contributed by atoms with Gasteiger partial charge in [-0.05, 0) is 48.5 Å². The van der Waals surface area contributed by atoms with Crippen LogP contribution in [0.4, 0.5) is 4.39 Å². The van der Waals surface area contributed by atoms with Gasteiger partial charge in [0.15, 0.2) is 17.7 Å². The quantitative estimate of drug-likeness (QED) is 0.431. The summed E-state index contributed by atoms with van der Waals surface area (Å²) in [4.78, 5) is 36.0. The van der Waals surface area contributed by atoms with Crippen molar-refractivity contribution in [1.29, 1.82) is 0 Å². The SMILES string of the molecule is CC(=O)OC1S[C@@H](COC(=O)c2ccc(Cl)cc2)[C@@H](OC(=O)c2ccc(Cl)cc2)[C@@H]1F. The van der Waals surface area contributed by atoms with Crippen LogP contribution in [-0.4, -0.2) is 47.5 Å². The highest BCUT2D eigenvalue weighted by molar-refractivity contribution is 8.00. The topological polar surface area (TPSA) is 78.9 Å². The fraction of sp³-hybridized carbons (Fsp3) is 0.286. The van der Waals surface area contributed by atoms with Gasteiger partial charge in [0.2, 0.25) is 0 Å². The lowest BCUT2D eigenvalue weighted by molar-refractivity contribution is -0.145. The van der Waals surface area contributed by atoms with Gasteiger partial charge in [-0.2, -0.15) is 0 Å². The van der Waals surface area contributed by atoms with E-state index >= 15 is 0 Å². The molecule has 0 saturated carbocycles. The lowest BCUT2D eigenvalue weighted by Gasteiger charge is -2.20. The summed E-state index contributed by atoms with van der Waals surface area (Å²) in [5.74, 6) is -2.10. The first-order valence-electron chi connectivity index (χ1n) is 9.10. The summed E-state index contributed by atoms with van der Waals surface area (Å²) in [6, 6.07) is 11.9. The molecule has 1 fully saturated rings. The second kappa shape index (κ2) is 10.3. The van der Waals surface area contributed by atoms with Gasteiger partial charge in [0.25, 0.3) is 0 Å². The Morgan fingerprint density at radius 2 is 1.42 bits per heavy atom. The van der Waals surface area contributed by atoms with Gasteiger partial charge in [-0.1, -0.05) is 23.2 Å². The Hall–Kier alpha value is -2.29. The first kappa shape index (κ1) is 23.4. The summed E-state index contributed by atoms with van der Waals surface area (Å²) in [5.41, 5.74) is -0.760. The van der Waals surface area contributed by atoms with Crippen LogP contribution in [0.3, 0.4) is 0 Å². The van der Waals surface area contributed by atoms with Crippen LogP contribution in [0.5, 0.6) is 0 Å². The first-order chi connectivity index (χ1) is 14.7. The van der Waals surface area contributed by atoms with Gasteiger partial charge in [0.05, 0.1) is 16.4 Å². The molecule has 1 heterocycles. The van der Waals surface area contributed by atoms with E-state index in [2.05, 4.69) is 0 Å². The number of carbonyl (C=O) groups is 3. The lowest BCUT2D eigenvalue weighted by Crippen LogP contribution is -2.37. The van der Waals surface area contributed by atoms with Crippen LogP contribution >= 0.6 is 35.0 Å². The van der Waals surface area contributed by atoms with E-state index in [9.17, 15) is 18.8 Å². The number of ether oxygens (including phenoxy) is 3. The van der Waals surface area contributed by atoms with Crippen molar-refractivity contribution < 1.29 is 33.0 Å². The second-order valence-electron chi connectivity index (χ2n) is 6.58. The molecular weight excluding hydrogens is 470 g/mol. The third kappa shape index (κ3) is 6.12. The number of benzene rings is 2. The van der Waals surface area contributed by atoms with E-state index in [0.29, 0.717) is 10.0 Å². The molecule has 0 aromatic heterocycles. The minimum Gasteiger partial charge on any atom is -0.461 e. The molecule has 4 atom stereocenters. The molecule has 1 aliphatic rings. The summed E-state index contributed by atoms with van der Waals surface area (Å²) in [5, 5.41) is 0.103. The third-order valence-electron chi connectivity index (χ3n) is 4.31. The van der Waals surface area contributed by atoms with Gasteiger partial charge < -0.3 is 14.2 Å². The van der Waals surface area contributed by atoms with Gasteiger partial charge in [-0.15, -0.1) is 11.8 Å². The summed E-state index contributed by atoms with van der Waals surface area (Å²) in [7, 11) is 0. The highest BCUT2D eigenvalue weighted by Gasteiger charge is 2.49. The lowest BCUT2D eigenvalue weighted by atomic mass is 10.1. The molecule has 0 N–H and O–H groups in total. The molecule has 0 aliphatic carbocycles. The van der Waals surface area contributed by atoms with Crippen molar-refractivity contribution in [2.75, 3.05) is 6.61 Å². The maximum Gasteiger partial charge on any atom is 0.338 e. The Kier molecular flexibility index (Phi) is 7.80. The van der Waals surface area contributed by atoms with Gasteiger partial charge in [0.1, 0.15) is 6.61 Å². The Bertz CT molecular complexity index is 953. The zero-order valence-corrected chi connectivity index (χ0v) is 18.5. The van der Waals surface area contributed by atoms with E-state index in [-0.39, 0.29) is 17.7 Å². The van der Waals surface area contributed by atoms with E-state index in [4.69, 9.17) is 37.4 Å². The van der Waals surface area contributed by atoms with Gasteiger partial charge in [-0.25, -0.2) is 14.0 Å². The minimum atomic E-state index is -1.80. The number of esters is 3. The van der Waals surface area contributed by atoms with E-state index in [1.165, 1.54) is 48.5 Å². The zero-order valence-electron chi connectivity index (χ0n) is 16.1. The number of carbonyl (C=O) groups excluding carboxylic acids is 3. The summed E-state index contributed by atoms with van der Waals surface area (Å²) < 4.78 is 30.5. The molecule has 164 valence electrons. The minimum absolute atomic E-state index is 0.175. The van der Waals surface area contributed by atoms with Crippen molar-refractivity contribution in [2.45, 2.75) is 29.9 Å². The van der Waals surface area contributed by atoms with Crippen molar-refractivity contribution in [3.8, 4) is 0 Å². The number of alkyl halides is 1. The van der Waals surface area contributed by atoms with Crippen LogP contribution < -0.4 is 0 Å². The largest absolute Gasteiger partial charge is 0.461 e. The Labute approximate surface area is 191 Å². The average molecular weight is 487 g/mol. The van der Waals surface area contributed by atoms with Crippen molar-refractivity contribution in [3.63, 3.8) is 0 Å². The maximum absolute atomic E-state index is 14.9. The molecular formula is C21H17Cl2FO6S. The second-order valence-corrected chi connectivity index (χ2v) is 8.79. The molecule has 10 heteroatoms. The summed E-state index contributed by atoms with van der Waals surface area (Å²) >= 11 is 12.5. The first-order valence-corrected chi connectivity index (χ1v) is 10.8. The van der Waals surface area contributed by atoms with Crippen molar-refractivity contribution in [3.05, 3.63) is 69.7 Å². The summed E-state index contributed by atoms with van der Waals surface area (Å²) in [6.07, 6.45) is -3.10. The number of halogens is 3. The number of rotatable bonds is 6. The van der Waals surface area contributed by atoms with Gasteiger partial charge >= 0.3 is 17.9 Å². The Morgan fingerprint density at radius 1 is 0.903 bits per heavy atom. The predicted octanol–water partition coefficient (Wildman–Crippen LogP) is 4.72. The number of hydrogen-bond donors (Lipinski definition) is 0. The van der Waals surface area contributed by atoms with Crippen LogP contribution in [0.2, 0.25) is 10.0 Å². The van der Waals surface area contributed by atoms with Crippen LogP contribution in [0, 0.1) is 0 Å². The number of thioether (sulfide) groups is 1. The Balaban J connectivity index is 1.70. The van der Waals surface area contributed by atoms with E-state index in [0.717, 1.165) is 18.7 Å². The van der Waals surface area contributed by atoms with Gasteiger partial charge in [-0.3, -0.25) is 4.79 Å². The van der Waals surface area contributed by atoms with Crippen LogP contribution in [0.1, 0.15) is 27.6 Å². The molecule has 1 unspecified atom stereocenters. The van der Waals surface area contributed by atoms with Crippen molar-refractivity contribution in [1.82, 2.24) is 0 Å². The molecule has 0 amide bonds. The summed E-state index contributed by atoms with van der Waals surface area (Å²) in [6.45, 7) is 0.888. The van der Waals surface area contributed by atoms with Crippen molar-refractivity contribution in [2.24, 2.45) is 0 Å². The van der Waals surface area contributed by atoms with E-state index < -0.39 is 40.9 Å². The van der Waals surface area contributed by atoms with Gasteiger partial charge in [0, 0.05) is 17.0 Å². The molecule has 1 aliphatic heterocycles. The molecule has 0 spiro atoms. The van der Waals surface area contributed by atoms with E-state index in [1.54, 1.807) is 0 Å². The number of hydrogen-bond acceptors (Lipinski definition) is 7. The molecule has 31 heavy (non-hydrogen) atoms. The zero-order chi connectivity index (χ0) is 22.5. The Morgan fingerprint density at radius 3 is 1.94 bits per heavy atom. The standard InChI is InChI=1S/C21H17Cl2FO6S/c1-11(25)29-21-17(24)18(30-20(27)13-4-8-15(23)9-5-13)16(31-21)10-28-19(26)12-2-6-14(22)7-3-12/h2-9,16-18,21H,10H2,1H3/t16-,17-,18+,21?/m0/s1. The molecule has 1 saturated heterocycles. The van der Waals surface area contributed by atoms with Crippen molar-refractivity contribution >= 4 is 52.9 Å². The molecule has 0 radical (unpaired) electrons. The predicted molar refractivity (Wildman–Crippen MR) is 114 cm³/mol. The fourth-order valence-electron chi connectivity index (χ4n) is 2.82. The highest BCUT2D eigenvalue weighted by Crippen LogP contribution is 2.39. The van der Waals surface area contributed by atoms with Crippen LogP contribution in [0.15, 0.2) is 48.5 Å². The normalized spacial score (nSPS) is 22.6. The highest BCUT2D eigenvalue weighted by atomic mass is 35.5. The maximum atomic E-state index is 14.9. The average Bonchev–Trinajstić information content (AvgIpc) is 3.01. The molecule has 2 aromatic rings. The van der Waals surface area contributed by atoms with E-state index in [1.807, 2.05) is 0 Å². The monoisotopic (exact) mass is 486 g/mol. The molecule has 3 rings (SSSR count). The van der Waals surface area contributed by atoms with Crippen LogP contribution in [-0.2, 0) is 19.0 Å². The molecule has 6 nitrogen and oxygen atoms in total. The fourth-order valence-corrected chi connectivity index (χ4v) is 4.42. The van der Waals surface area contributed by atoms with Crippen LogP contribution in [0.25, 0.3) is 0 Å².